The molecule has 0 aliphatic carbocycles. The van der Waals surface area contributed by atoms with Crippen molar-refractivity contribution in [3.05, 3.63) is 65.5 Å². The number of hydrazine groups is 1. The highest BCUT2D eigenvalue weighted by Crippen LogP contribution is 2.20. The molecule has 0 heterocycles. The van der Waals surface area contributed by atoms with Crippen molar-refractivity contribution < 1.29 is 22.8 Å². The lowest BCUT2D eigenvalue weighted by Gasteiger charge is -2.07. The molecule has 8 heteroatoms. The topological polar surface area (TPSA) is 58.2 Å². The van der Waals surface area contributed by atoms with Crippen molar-refractivity contribution >= 4 is 23.6 Å². The van der Waals surface area contributed by atoms with Gasteiger partial charge < -0.3 is 0 Å². The van der Waals surface area contributed by atoms with Gasteiger partial charge >= 0.3 is 0 Å². The molecule has 0 aliphatic heterocycles. The molecule has 132 valence electrons. The largest absolute Gasteiger partial charge is 0.273 e. The Labute approximate surface area is 146 Å². The normalized spacial score (nSPS) is 10.4. The average molecular weight is 368 g/mol. The predicted octanol–water partition coefficient (Wildman–Crippen LogP) is 2.98. The Kier molecular flexibility index (Phi) is 6.88. The molecule has 0 radical (unpaired) electrons. The molecular weight excluding hydrogens is 353 g/mol. The molecule has 25 heavy (non-hydrogen) atoms. The zero-order valence-electron chi connectivity index (χ0n) is 13.0. The van der Waals surface area contributed by atoms with Gasteiger partial charge in [0.05, 0.1) is 6.42 Å². The number of halogens is 3. The van der Waals surface area contributed by atoms with E-state index in [1.54, 1.807) is 0 Å². The molecule has 0 aromatic heterocycles. The Hall–Kier alpha value is -2.48. The highest BCUT2D eigenvalue weighted by atomic mass is 32.2. The van der Waals surface area contributed by atoms with Crippen LogP contribution in [0.1, 0.15) is 12.0 Å². The Bertz CT molecular complexity index is 754. The van der Waals surface area contributed by atoms with Gasteiger partial charge in [0.1, 0.15) is 5.82 Å². The Balaban J connectivity index is 1.67. The molecule has 0 saturated heterocycles. The van der Waals surface area contributed by atoms with Crippen LogP contribution < -0.4 is 10.9 Å². The summed E-state index contributed by atoms with van der Waals surface area (Å²) in [6.07, 6.45) is 0.0880. The van der Waals surface area contributed by atoms with Crippen molar-refractivity contribution in [3.8, 4) is 0 Å². The molecule has 0 saturated carbocycles. The van der Waals surface area contributed by atoms with Gasteiger partial charge in [-0.25, -0.2) is 13.2 Å². The van der Waals surface area contributed by atoms with Gasteiger partial charge in [0.2, 0.25) is 11.8 Å². The lowest BCUT2D eigenvalue weighted by Crippen LogP contribution is -2.42. The van der Waals surface area contributed by atoms with Crippen LogP contribution in [0, 0.1) is 17.5 Å². The Morgan fingerprint density at radius 3 is 2.24 bits per heavy atom. The minimum atomic E-state index is -0.942. The van der Waals surface area contributed by atoms with E-state index in [0.29, 0.717) is 16.2 Å². The quantitative estimate of drug-likeness (QED) is 0.609. The molecule has 0 fully saturated rings. The van der Waals surface area contributed by atoms with Gasteiger partial charge in [0.25, 0.3) is 0 Å². The summed E-state index contributed by atoms with van der Waals surface area (Å²) < 4.78 is 38.6. The van der Waals surface area contributed by atoms with E-state index in [2.05, 4.69) is 10.9 Å². The van der Waals surface area contributed by atoms with Crippen molar-refractivity contribution in [2.45, 2.75) is 17.7 Å². The first-order chi connectivity index (χ1) is 11.9. The second-order valence-corrected chi connectivity index (χ2v) is 6.24. The van der Waals surface area contributed by atoms with Crippen LogP contribution in [-0.2, 0) is 16.0 Å². The minimum absolute atomic E-state index is 0.00413. The van der Waals surface area contributed by atoms with Crippen LogP contribution in [0.15, 0.2) is 47.4 Å². The van der Waals surface area contributed by atoms with Gasteiger partial charge in [-0.3, -0.25) is 20.4 Å². The first-order valence-corrected chi connectivity index (χ1v) is 8.32. The fourth-order valence-corrected chi connectivity index (χ4v) is 2.74. The van der Waals surface area contributed by atoms with Gasteiger partial charge in [0, 0.05) is 17.1 Å². The maximum absolute atomic E-state index is 13.0. The number of nitrogens with one attached hydrogen (secondary N) is 2. The summed E-state index contributed by atoms with van der Waals surface area (Å²) in [6, 6.07) is 8.96. The summed E-state index contributed by atoms with van der Waals surface area (Å²) in [7, 11) is 0. The fourth-order valence-electron chi connectivity index (χ4n) is 1.86. The number of hydrogen-bond donors (Lipinski definition) is 2. The third kappa shape index (κ3) is 6.50. The monoisotopic (exact) mass is 368 g/mol. The van der Waals surface area contributed by atoms with Crippen molar-refractivity contribution in [1.29, 1.82) is 0 Å². The van der Waals surface area contributed by atoms with Crippen LogP contribution in [0.5, 0.6) is 0 Å². The van der Waals surface area contributed by atoms with E-state index in [1.165, 1.54) is 42.1 Å². The van der Waals surface area contributed by atoms with E-state index in [-0.39, 0.29) is 12.8 Å². The van der Waals surface area contributed by atoms with Crippen LogP contribution in [0.3, 0.4) is 0 Å². The van der Waals surface area contributed by atoms with Crippen molar-refractivity contribution in [1.82, 2.24) is 10.9 Å². The second-order valence-electron chi connectivity index (χ2n) is 5.07. The van der Waals surface area contributed by atoms with Gasteiger partial charge in [-0.2, -0.15) is 0 Å². The highest BCUT2D eigenvalue weighted by molar-refractivity contribution is 7.99. The van der Waals surface area contributed by atoms with Crippen molar-refractivity contribution in [2.75, 3.05) is 5.75 Å². The first kappa shape index (κ1) is 18.9. The number of thioether (sulfide) groups is 1. The maximum Gasteiger partial charge on any atom is 0.242 e. The Morgan fingerprint density at radius 2 is 1.56 bits per heavy atom. The van der Waals surface area contributed by atoms with Gasteiger partial charge in [-0.15, -0.1) is 11.8 Å². The van der Waals surface area contributed by atoms with Crippen LogP contribution in [0.4, 0.5) is 13.2 Å². The zero-order valence-corrected chi connectivity index (χ0v) is 13.8. The third-order valence-corrected chi connectivity index (χ3v) is 4.10. The van der Waals surface area contributed by atoms with Crippen LogP contribution in [0.25, 0.3) is 0 Å². The number of rotatable bonds is 6. The molecule has 0 unspecified atom stereocenters. The molecule has 0 bridgehead atoms. The third-order valence-electron chi connectivity index (χ3n) is 3.11. The molecular formula is C17H15F3N2O2S. The highest BCUT2D eigenvalue weighted by Gasteiger charge is 2.07. The number of hydrogen-bond acceptors (Lipinski definition) is 3. The number of carbonyl (C=O) groups is 2. The summed E-state index contributed by atoms with van der Waals surface area (Å²) in [4.78, 5) is 23.8. The molecule has 2 rings (SSSR count). The number of benzene rings is 2. The molecule has 0 aliphatic rings. The van der Waals surface area contributed by atoms with Crippen LogP contribution in [-0.4, -0.2) is 17.6 Å². The fraction of sp³-hybridized carbons (Fsp3) is 0.176. The van der Waals surface area contributed by atoms with E-state index in [4.69, 9.17) is 0 Å². The van der Waals surface area contributed by atoms with Crippen LogP contribution >= 0.6 is 11.8 Å². The van der Waals surface area contributed by atoms with E-state index in [0.717, 1.165) is 12.1 Å². The van der Waals surface area contributed by atoms with Crippen molar-refractivity contribution in [2.24, 2.45) is 0 Å². The van der Waals surface area contributed by atoms with E-state index < -0.39 is 29.3 Å². The number of carbonyl (C=O) groups excluding carboxylic acids is 2. The maximum atomic E-state index is 13.0. The smallest absolute Gasteiger partial charge is 0.242 e. The van der Waals surface area contributed by atoms with E-state index in [1.807, 2.05) is 0 Å². The first-order valence-electron chi connectivity index (χ1n) is 7.34. The van der Waals surface area contributed by atoms with E-state index >= 15 is 0 Å². The summed E-state index contributed by atoms with van der Waals surface area (Å²) in [5.41, 5.74) is 5.13. The predicted molar refractivity (Wildman–Crippen MR) is 88.1 cm³/mol. The molecule has 0 spiro atoms. The Morgan fingerprint density at radius 1 is 0.880 bits per heavy atom. The van der Waals surface area contributed by atoms with Gasteiger partial charge in [0.15, 0.2) is 11.6 Å². The zero-order chi connectivity index (χ0) is 18.2. The van der Waals surface area contributed by atoms with Gasteiger partial charge in [-0.05, 0) is 35.9 Å². The molecule has 4 nitrogen and oxygen atoms in total. The molecule has 2 N–H and O–H groups in total. The lowest BCUT2D eigenvalue weighted by atomic mass is 10.1. The lowest BCUT2D eigenvalue weighted by molar-refractivity contribution is -0.128. The molecule has 0 atom stereocenters. The van der Waals surface area contributed by atoms with Gasteiger partial charge in [-0.1, -0.05) is 12.1 Å². The van der Waals surface area contributed by atoms with Crippen molar-refractivity contribution in [3.63, 3.8) is 0 Å². The number of amides is 2. The summed E-state index contributed by atoms with van der Waals surface area (Å²) in [5.74, 6) is -2.77. The summed E-state index contributed by atoms with van der Waals surface area (Å²) >= 11 is 1.19. The summed E-state index contributed by atoms with van der Waals surface area (Å²) in [6.45, 7) is 0. The average Bonchev–Trinajstić information content (AvgIpc) is 2.58. The van der Waals surface area contributed by atoms with E-state index in [9.17, 15) is 22.8 Å². The molecule has 2 amide bonds. The second kappa shape index (κ2) is 9.12. The molecule has 2 aromatic rings. The molecule has 2 aromatic carbocycles. The van der Waals surface area contributed by atoms with Crippen LogP contribution in [0.2, 0.25) is 0 Å². The summed E-state index contributed by atoms with van der Waals surface area (Å²) in [5, 5.41) is 0. The standard InChI is InChI=1S/C17H15F3N2O2S/c18-12-3-1-11(2-4-12)9-17(24)22-21-16(23)7-8-25-13-5-6-14(19)15(20)10-13/h1-6,10H,7-9H2,(H,21,23)(H,22,24). The SMILES string of the molecule is O=C(CCSc1ccc(F)c(F)c1)NNC(=O)Cc1ccc(F)cc1. The minimum Gasteiger partial charge on any atom is -0.273 e.